The van der Waals surface area contributed by atoms with Crippen LogP contribution in [0.4, 0.5) is 0 Å². The van der Waals surface area contributed by atoms with Crippen LogP contribution in [0.3, 0.4) is 0 Å². The van der Waals surface area contributed by atoms with E-state index in [1.54, 1.807) is 0 Å². The Hall–Kier alpha value is -0.520. The molecule has 0 saturated carbocycles. The van der Waals surface area contributed by atoms with Gasteiger partial charge in [0, 0.05) is 0 Å². The van der Waals surface area contributed by atoms with E-state index < -0.39 is 0 Å². The van der Waals surface area contributed by atoms with Crippen molar-refractivity contribution in [1.82, 2.24) is 0 Å². The summed E-state index contributed by atoms with van der Waals surface area (Å²) >= 11 is 0. The van der Waals surface area contributed by atoms with Gasteiger partial charge in [0.2, 0.25) is 0 Å². The zero-order valence-corrected chi connectivity index (χ0v) is 7.55. The fraction of sp³-hybridized carbons (Fsp3) is 0.545. The largest absolute Gasteiger partial charge is 0.0888 e. The third-order valence-corrected chi connectivity index (χ3v) is 1.44. The number of hydrogen-bond donors (Lipinski definition) is 0. The summed E-state index contributed by atoms with van der Waals surface area (Å²) in [4.78, 5) is 0. The zero-order chi connectivity index (χ0) is 8.36. The first-order valence-electron chi connectivity index (χ1n) is 4.51. The summed E-state index contributed by atoms with van der Waals surface area (Å²) in [5, 5.41) is 0. The van der Waals surface area contributed by atoms with Gasteiger partial charge in [0.05, 0.1) is 0 Å². The van der Waals surface area contributed by atoms with Gasteiger partial charge in [-0.2, -0.15) is 0 Å². The van der Waals surface area contributed by atoms with Gasteiger partial charge in [-0.1, -0.05) is 38.2 Å². The van der Waals surface area contributed by atoms with Gasteiger partial charge in [-0.3, -0.25) is 0 Å². The smallest absolute Gasteiger partial charge is 0.0316 e. The summed E-state index contributed by atoms with van der Waals surface area (Å²) in [5.74, 6) is 0. The first-order valence-corrected chi connectivity index (χ1v) is 4.51. The van der Waals surface area contributed by atoms with Crippen molar-refractivity contribution in [3.63, 3.8) is 0 Å². The predicted octanol–water partition coefficient (Wildman–Crippen LogP) is 3.90. The molecule has 0 aliphatic rings. The van der Waals surface area contributed by atoms with E-state index in [-0.39, 0.29) is 0 Å². The van der Waals surface area contributed by atoms with Crippen LogP contribution < -0.4 is 0 Å². The Morgan fingerprint density at radius 1 is 0.909 bits per heavy atom. The Balaban J connectivity index is 3.06. The average Bonchev–Trinajstić information content (AvgIpc) is 2.03. The molecule has 0 spiro atoms. The molecule has 0 aromatic heterocycles. The first-order chi connectivity index (χ1) is 5.41. The van der Waals surface area contributed by atoms with Gasteiger partial charge in [0.25, 0.3) is 0 Å². The molecule has 63 valence electrons. The van der Waals surface area contributed by atoms with Crippen LogP contribution >= 0.6 is 0 Å². The summed E-state index contributed by atoms with van der Waals surface area (Å²) in [6.07, 6.45) is 14.6. The molecule has 0 aromatic carbocycles. The molecule has 0 nitrogen and oxygen atoms in total. The van der Waals surface area contributed by atoms with Gasteiger partial charge < -0.3 is 0 Å². The molecule has 0 amide bonds. The number of unbranched alkanes of at least 4 members (excludes halogenated alkanes) is 2. The van der Waals surface area contributed by atoms with Crippen LogP contribution in [0.5, 0.6) is 0 Å². The Bertz CT molecular complexity index is 109. The fourth-order valence-electron chi connectivity index (χ4n) is 0.831. The van der Waals surface area contributed by atoms with Crippen molar-refractivity contribution in [1.29, 1.82) is 0 Å². The van der Waals surface area contributed by atoms with Crippen LogP contribution in [0.15, 0.2) is 24.3 Å². The molecular weight excluding hydrogens is 132 g/mol. The maximum Gasteiger partial charge on any atom is -0.0316 e. The summed E-state index contributed by atoms with van der Waals surface area (Å²) in [6, 6.07) is 0. The number of allylic oxidation sites excluding steroid dienone is 4. The molecule has 0 rings (SSSR count). The predicted molar refractivity (Wildman–Crippen MR) is 52.4 cm³/mol. The topological polar surface area (TPSA) is 0 Å². The molecular formula is C11H19. The Morgan fingerprint density at radius 3 is 2.00 bits per heavy atom. The van der Waals surface area contributed by atoms with E-state index >= 15 is 0 Å². The molecule has 0 heteroatoms. The van der Waals surface area contributed by atoms with Gasteiger partial charge >= 0.3 is 0 Å². The molecule has 0 aliphatic heterocycles. The molecule has 0 atom stereocenters. The van der Waals surface area contributed by atoms with Crippen LogP contribution in [0, 0.1) is 6.92 Å². The lowest BCUT2D eigenvalue weighted by Gasteiger charge is -1.86. The standard InChI is InChI=1S/C11H19/c1-3-5-7-9-11-10-8-6-4-2/h6-9H,1,3-5,10-11H2,2H3. The zero-order valence-electron chi connectivity index (χ0n) is 7.55. The van der Waals surface area contributed by atoms with Crippen LogP contribution in [-0.2, 0) is 0 Å². The quantitative estimate of drug-likeness (QED) is 0.399. The average molecular weight is 151 g/mol. The van der Waals surface area contributed by atoms with Gasteiger partial charge in [0.15, 0.2) is 0 Å². The van der Waals surface area contributed by atoms with E-state index in [0.29, 0.717) is 0 Å². The van der Waals surface area contributed by atoms with E-state index in [1.807, 2.05) is 0 Å². The Kier molecular flexibility index (Phi) is 9.03. The normalized spacial score (nSPS) is 11.8. The lowest BCUT2D eigenvalue weighted by molar-refractivity contribution is 0.998. The molecule has 0 aromatic rings. The number of hydrogen-bond acceptors (Lipinski definition) is 0. The minimum Gasteiger partial charge on any atom is -0.0888 e. The summed E-state index contributed by atoms with van der Waals surface area (Å²) < 4.78 is 0. The van der Waals surface area contributed by atoms with Gasteiger partial charge in [-0.25, -0.2) is 0 Å². The number of rotatable bonds is 6. The van der Waals surface area contributed by atoms with Crippen molar-refractivity contribution < 1.29 is 0 Å². The minimum absolute atomic E-state index is 1.02. The van der Waals surface area contributed by atoms with Crippen molar-refractivity contribution in [2.45, 2.75) is 39.0 Å². The monoisotopic (exact) mass is 151 g/mol. The molecule has 0 unspecified atom stereocenters. The highest BCUT2D eigenvalue weighted by Gasteiger charge is 1.76. The molecule has 0 saturated heterocycles. The highest BCUT2D eigenvalue weighted by atomic mass is 13.8. The van der Waals surface area contributed by atoms with Crippen LogP contribution in [0.2, 0.25) is 0 Å². The molecule has 11 heavy (non-hydrogen) atoms. The Labute approximate surface area is 71.0 Å². The lowest BCUT2D eigenvalue weighted by atomic mass is 10.2. The van der Waals surface area contributed by atoms with E-state index in [9.17, 15) is 0 Å². The van der Waals surface area contributed by atoms with Gasteiger partial charge in [0.1, 0.15) is 0 Å². The third kappa shape index (κ3) is 9.48. The van der Waals surface area contributed by atoms with Crippen LogP contribution in [0.25, 0.3) is 0 Å². The summed E-state index contributed by atoms with van der Waals surface area (Å²) in [5.41, 5.74) is 0. The van der Waals surface area contributed by atoms with E-state index in [0.717, 1.165) is 19.3 Å². The van der Waals surface area contributed by atoms with Crippen molar-refractivity contribution in [3.8, 4) is 0 Å². The summed E-state index contributed by atoms with van der Waals surface area (Å²) in [6.45, 7) is 5.93. The molecule has 1 radical (unpaired) electrons. The van der Waals surface area contributed by atoms with Gasteiger partial charge in [-0.15, -0.1) is 0 Å². The molecule has 0 bridgehead atoms. The van der Waals surface area contributed by atoms with Gasteiger partial charge in [-0.05, 0) is 32.1 Å². The van der Waals surface area contributed by atoms with E-state index in [1.165, 1.54) is 12.8 Å². The minimum atomic E-state index is 1.02. The molecule has 0 heterocycles. The highest BCUT2D eigenvalue weighted by Crippen LogP contribution is 1.96. The summed E-state index contributed by atoms with van der Waals surface area (Å²) in [7, 11) is 0. The maximum absolute atomic E-state index is 3.77. The van der Waals surface area contributed by atoms with Crippen LogP contribution in [-0.4, -0.2) is 0 Å². The maximum atomic E-state index is 3.77. The second-order valence-corrected chi connectivity index (χ2v) is 2.57. The molecule has 0 fully saturated rings. The fourth-order valence-corrected chi connectivity index (χ4v) is 0.831. The van der Waals surface area contributed by atoms with Crippen molar-refractivity contribution in [2.75, 3.05) is 0 Å². The van der Waals surface area contributed by atoms with E-state index in [2.05, 4.69) is 38.2 Å². The van der Waals surface area contributed by atoms with E-state index in [4.69, 9.17) is 0 Å². The lowest BCUT2D eigenvalue weighted by Crippen LogP contribution is -1.66. The second-order valence-electron chi connectivity index (χ2n) is 2.57. The van der Waals surface area contributed by atoms with Crippen molar-refractivity contribution in [2.24, 2.45) is 0 Å². The molecule has 0 N–H and O–H groups in total. The SMILES string of the molecule is [CH2]CCC=CCCC=CCC. The second kappa shape index (κ2) is 9.48. The molecule has 0 aliphatic carbocycles. The highest BCUT2D eigenvalue weighted by molar-refractivity contribution is 4.87. The Morgan fingerprint density at radius 2 is 1.45 bits per heavy atom. The first kappa shape index (κ1) is 10.5. The van der Waals surface area contributed by atoms with Crippen molar-refractivity contribution >= 4 is 0 Å². The third-order valence-electron chi connectivity index (χ3n) is 1.44. The van der Waals surface area contributed by atoms with Crippen molar-refractivity contribution in [3.05, 3.63) is 31.2 Å². The van der Waals surface area contributed by atoms with Crippen LogP contribution in [0.1, 0.15) is 39.0 Å².